The van der Waals surface area contributed by atoms with Crippen LogP contribution in [0, 0.1) is 26.8 Å². The third-order valence-corrected chi connectivity index (χ3v) is 7.03. The molecular formula is C27H30N3. The summed E-state index contributed by atoms with van der Waals surface area (Å²) in [7, 11) is 0. The number of aromatic nitrogens is 2. The number of likely N-dealkylation sites (tertiary alicyclic amines) is 1. The average Bonchev–Trinajstić information content (AvgIpc) is 3.36. The molecule has 153 valence electrons. The molecule has 30 heavy (non-hydrogen) atoms. The number of hydrogen-bond donors (Lipinski definition) is 1. The molecule has 2 aromatic carbocycles. The van der Waals surface area contributed by atoms with Gasteiger partial charge in [-0.05, 0) is 81.9 Å². The number of nitrogens with zero attached hydrogens (tertiary/aromatic N) is 2. The van der Waals surface area contributed by atoms with Crippen molar-refractivity contribution in [2.45, 2.75) is 58.4 Å². The second-order valence-electron chi connectivity index (χ2n) is 9.15. The van der Waals surface area contributed by atoms with Gasteiger partial charge in [0.1, 0.15) is 5.82 Å². The van der Waals surface area contributed by atoms with E-state index in [0.29, 0.717) is 5.92 Å². The first-order valence-electron chi connectivity index (χ1n) is 11.1. The molecule has 1 N–H and O–H groups in total. The SMILES string of the molecule is Cc1cccc(C2[C]=C(N3CCC[C@@]3(C)c3nc4c(C)c(C)ccc4[nH]3)C=CC2)c1. The van der Waals surface area contributed by atoms with E-state index in [1.54, 1.807) is 0 Å². The van der Waals surface area contributed by atoms with Gasteiger partial charge in [-0.3, -0.25) is 0 Å². The summed E-state index contributed by atoms with van der Waals surface area (Å²) in [5.74, 6) is 1.39. The Morgan fingerprint density at radius 1 is 1.17 bits per heavy atom. The van der Waals surface area contributed by atoms with Crippen molar-refractivity contribution in [2.75, 3.05) is 6.54 Å². The number of rotatable bonds is 3. The standard InChI is InChI=1S/C27H30N3/c1-18-8-5-9-21(16-18)22-10-6-11-23(17-22)30-15-7-14-27(30,4)26-28-24-13-12-19(2)20(3)25(24)29-26/h5-6,8-9,11-13,16,22H,7,10,14-15H2,1-4H3,(H,28,29)/t22?,27-/m0/s1. The maximum absolute atomic E-state index is 5.10. The summed E-state index contributed by atoms with van der Waals surface area (Å²) in [6.45, 7) is 9.86. The van der Waals surface area contributed by atoms with Gasteiger partial charge in [0.15, 0.2) is 0 Å². The van der Waals surface area contributed by atoms with E-state index in [-0.39, 0.29) is 5.54 Å². The van der Waals surface area contributed by atoms with Crippen LogP contribution in [0.5, 0.6) is 0 Å². The smallest absolute Gasteiger partial charge is 0.132 e. The van der Waals surface area contributed by atoms with E-state index in [9.17, 15) is 0 Å². The van der Waals surface area contributed by atoms with Crippen molar-refractivity contribution in [3.8, 4) is 0 Å². The minimum Gasteiger partial charge on any atom is -0.359 e. The van der Waals surface area contributed by atoms with E-state index in [2.05, 4.69) is 92.2 Å². The van der Waals surface area contributed by atoms with E-state index in [1.807, 2.05) is 0 Å². The molecule has 5 rings (SSSR count). The first-order chi connectivity index (χ1) is 14.5. The van der Waals surface area contributed by atoms with Gasteiger partial charge < -0.3 is 9.88 Å². The number of benzene rings is 2. The molecule has 3 heteroatoms. The Balaban J connectivity index is 1.53. The lowest BCUT2D eigenvalue weighted by Gasteiger charge is -2.37. The van der Waals surface area contributed by atoms with Crippen molar-refractivity contribution >= 4 is 11.0 Å². The van der Waals surface area contributed by atoms with Crippen LogP contribution in [-0.2, 0) is 5.54 Å². The number of hydrogen-bond acceptors (Lipinski definition) is 2. The number of H-pyrrole nitrogens is 1. The summed E-state index contributed by atoms with van der Waals surface area (Å²) in [5.41, 5.74) is 8.54. The van der Waals surface area contributed by atoms with Crippen LogP contribution < -0.4 is 0 Å². The highest BCUT2D eigenvalue weighted by molar-refractivity contribution is 5.80. The largest absolute Gasteiger partial charge is 0.359 e. The molecule has 2 heterocycles. The van der Waals surface area contributed by atoms with E-state index in [4.69, 9.17) is 4.98 Å². The number of aryl methyl sites for hydroxylation is 3. The summed E-state index contributed by atoms with van der Waals surface area (Å²) < 4.78 is 0. The van der Waals surface area contributed by atoms with Crippen LogP contribution in [0.15, 0.2) is 54.2 Å². The number of nitrogens with one attached hydrogen (secondary N) is 1. The monoisotopic (exact) mass is 396 g/mol. The highest BCUT2D eigenvalue weighted by atomic mass is 15.3. The van der Waals surface area contributed by atoms with Crippen molar-refractivity contribution < 1.29 is 0 Å². The maximum Gasteiger partial charge on any atom is 0.132 e. The zero-order valence-electron chi connectivity index (χ0n) is 18.4. The van der Waals surface area contributed by atoms with Gasteiger partial charge in [0.25, 0.3) is 0 Å². The third kappa shape index (κ3) is 3.08. The van der Waals surface area contributed by atoms with E-state index >= 15 is 0 Å². The lowest BCUT2D eigenvalue weighted by Crippen LogP contribution is -2.39. The van der Waals surface area contributed by atoms with Gasteiger partial charge in [-0.1, -0.05) is 42.0 Å². The summed E-state index contributed by atoms with van der Waals surface area (Å²) in [6.07, 6.45) is 11.7. The lowest BCUT2D eigenvalue weighted by atomic mass is 9.89. The molecule has 1 radical (unpaired) electrons. The average molecular weight is 397 g/mol. The van der Waals surface area contributed by atoms with Crippen LogP contribution in [0.25, 0.3) is 11.0 Å². The maximum atomic E-state index is 5.10. The molecule has 1 unspecified atom stereocenters. The van der Waals surface area contributed by atoms with Crippen molar-refractivity contribution in [1.29, 1.82) is 0 Å². The minimum absolute atomic E-state index is 0.138. The number of allylic oxidation sites excluding steroid dienone is 3. The fourth-order valence-corrected chi connectivity index (χ4v) is 5.04. The molecular weight excluding hydrogens is 366 g/mol. The number of imidazole rings is 1. The van der Waals surface area contributed by atoms with E-state index in [0.717, 1.165) is 36.2 Å². The van der Waals surface area contributed by atoms with Gasteiger partial charge in [-0.2, -0.15) is 0 Å². The highest BCUT2D eigenvalue weighted by Crippen LogP contribution is 2.42. The molecule has 1 saturated heterocycles. The second-order valence-corrected chi connectivity index (χ2v) is 9.15. The van der Waals surface area contributed by atoms with Crippen LogP contribution >= 0.6 is 0 Å². The molecule has 3 nitrogen and oxygen atoms in total. The summed E-state index contributed by atoms with van der Waals surface area (Å²) >= 11 is 0. The quantitative estimate of drug-likeness (QED) is 0.569. The second kappa shape index (κ2) is 7.16. The molecule has 1 fully saturated rings. The Morgan fingerprint density at radius 2 is 2.03 bits per heavy atom. The van der Waals surface area contributed by atoms with Gasteiger partial charge in [0, 0.05) is 18.2 Å². The number of aromatic amines is 1. The fourth-order valence-electron chi connectivity index (χ4n) is 5.04. The van der Waals surface area contributed by atoms with Gasteiger partial charge >= 0.3 is 0 Å². The molecule has 1 aliphatic heterocycles. The van der Waals surface area contributed by atoms with Crippen LogP contribution in [0.3, 0.4) is 0 Å². The Labute approximate surface area is 179 Å². The van der Waals surface area contributed by atoms with Gasteiger partial charge in [0.2, 0.25) is 0 Å². The third-order valence-electron chi connectivity index (χ3n) is 7.03. The van der Waals surface area contributed by atoms with Crippen LogP contribution in [0.2, 0.25) is 0 Å². The molecule has 2 atom stereocenters. The van der Waals surface area contributed by atoms with E-state index < -0.39 is 0 Å². The molecule has 0 saturated carbocycles. The molecule has 0 amide bonds. The Morgan fingerprint density at radius 3 is 2.87 bits per heavy atom. The van der Waals surface area contributed by atoms with Crippen molar-refractivity contribution in [3.63, 3.8) is 0 Å². The van der Waals surface area contributed by atoms with Gasteiger partial charge in [-0.15, -0.1) is 0 Å². The molecule has 1 aliphatic carbocycles. The zero-order valence-corrected chi connectivity index (χ0v) is 18.4. The molecule has 1 aromatic heterocycles. The van der Waals surface area contributed by atoms with Crippen LogP contribution in [-0.4, -0.2) is 21.4 Å². The molecule has 0 bridgehead atoms. The summed E-state index contributed by atoms with van der Waals surface area (Å²) in [5, 5.41) is 0. The van der Waals surface area contributed by atoms with E-state index in [1.165, 1.54) is 34.4 Å². The Hall–Kier alpha value is -2.81. The normalized spacial score (nSPS) is 23.9. The first kappa shape index (κ1) is 19.2. The fraction of sp³-hybridized carbons (Fsp3) is 0.370. The van der Waals surface area contributed by atoms with Gasteiger partial charge in [0.05, 0.1) is 16.6 Å². The van der Waals surface area contributed by atoms with Gasteiger partial charge in [-0.25, -0.2) is 4.98 Å². The topological polar surface area (TPSA) is 31.9 Å². The lowest BCUT2D eigenvalue weighted by molar-refractivity contribution is 0.199. The number of fused-ring (bicyclic) bond motifs is 1. The molecule has 2 aliphatic rings. The van der Waals surface area contributed by atoms with Crippen LogP contribution in [0.4, 0.5) is 0 Å². The molecule has 3 aromatic rings. The first-order valence-corrected chi connectivity index (χ1v) is 11.1. The Bertz CT molecular complexity index is 1170. The minimum atomic E-state index is -0.138. The van der Waals surface area contributed by atoms with Crippen molar-refractivity contribution in [3.05, 3.63) is 88.4 Å². The summed E-state index contributed by atoms with van der Waals surface area (Å²) in [6, 6.07) is 13.2. The van der Waals surface area contributed by atoms with Crippen LogP contribution in [0.1, 0.15) is 60.2 Å². The Kier molecular flexibility index (Phi) is 4.57. The molecule has 0 spiro atoms. The summed E-state index contributed by atoms with van der Waals surface area (Å²) in [4.78, 5) is 11.3. The van der Waals surface area contributed by atoms with Crippen molar-refractivity contribution in [1.82, 2.24) is 14.9 Å². The van der Waals surface area contributed by atoms with Crippen molar-refractivity contribution in [2.24, 2.45) is 0 Å². The predicted molar refractivity (Wildman–Crippen MR) is 123 cm³/mol. The highest BCUT2D eigenvalue weighted by Gasteiger charge is 2.42. The predicted octanol–water partition coefficient (Wildman–Crippen LogP) is 6.23. The zero-order chi connectivity index (χ0) is 20.9.